The average Bonchev–Trinajstić information content (AvgIpc) is 3.31. The molecule has 7 heteroatoms. The summed E-state index contributed by atoms with van der Waals surface area (Å²) in [6.07, 6.45) is 5.17. The first-order chi connectivity index (χ1) is 17.4. The number of amides is 3. The van der Waals surface area contributed by atoms with Gasteiger partial charge in [-0.05, 0) is 87.0 Å². The number of anilines is 2. The quantitative estimate of drug-likeness (QED) is 0.569. The second kappa shape index (κ2) is 11.7. The lowest BCUT2D eigenvalue weighted by molar-refractivity contribution is -0.117. The van der Waals surface area contributed by atoms with Gasteiger partial charge in [0.1, 0.15) is 0 Å². The summed E-state index contributed by atoms with van der Waals surface area (Å²) in [6.45, 7) is 9.91. The third-order valence-corrected chi connectivity index (χ3v) is 7.16. The summed E-state index contributed by atoms with van der Waals surface area (Å²) in [5.41, 5.74) is 4.15. The number of aryl methyl sites for hydroxylation is 2. The minimum absolute atomic E-state index is 0.0848. The van der Waals surface area contributed by atoms with Crippen molar-refractivity contribution in [3.8, 4) is 0 Å². The van der Waals surface area contributed by atoms with Crippen LogP contribution in [-0.2, 0) is 11.2 Å². The van der Waals surface area contributed by atoms with Gasteiger partial charge in [0, 0.05) is 43.3 Å². The molecule has 2 fully saturated rings. The molecule has 2 saturated heterocycles. The summed E-state index contributed by atoms with van der Waals surface area (Å²) in [7, 11) is 0. The summed E-state index contributed by atoms with van der Waals surface area (Å²) in [4.78, 5) is 43.0. The van der Waals surface area contributed by atoms with E-state index >= 15 is 0 Å². The van der Waals surface area contributed by atoms with Gasteiger partial charge in [0.25, 0.3) is 11.8 Å². The fraction of sp³-hybridized carbons (Fsp3) is 0.483. The van der Waals surface area contributed by atoms with Crippen LogP contribution < -0.4 is 15.5 Å². The molecule has 0 spiro atoms. The molecule has 0 aromatic heterocycles. The van der Waals surface area contributed by atoms with Gasteiger partial charge in [-0.2, -0.15) is 0 Å². The van der Waals surface area contributed by atoms with Crippen molar-refractivity contribution in [2.75, 3.05) is 36.4 Å². The molecule has 7 nitrogen and oxygen atoms in total. The number of likely N-dealkylation sites (tertiary alicyclic amines) is 1. The molecular formula is C29H38N4O3. The topological polar surface area (TPSA) is 81.8 Å². The Hall–Kier alpha value is -3.19. The SMILES string of the molecule is CCCN1CCC(NC(=O)c2cc(CC)ccc2NC(=O)c2cc(C)cc(N3CCCC3=O)c2)CC1. The molecule has 2 aliphatic rings. The van der Waals surface area contributed by atoms with E-state index in [0.29, 0.717) is 29.8 Å². The smallest absolute Gasteiger partial charge is 0.255 e. The number of piperidine rings is 1. The maximum atomic E-state index is 13.3. The summed E-state index contributed by atoms with van der Waals surface area (Å²) < 4.78 is 0. The Labute approximate surface area is 214 Å². The molecule has 0 bridgehead atoms. The second-order valence-electron chi connectivity index (χ2n) is 9.98. The van der Waals surface area contributed by atoms with Crippen LogP contribution in [-0.4, -0.2) is 54.8 Å². The van der Waals surface area contributed by atoms with Crippen LogP contribution in [0.3, 0.4) is 0 Å². The number of hydrogen-bond donors (Lipinski definition) is 2. The van der Waals surface area contributed by atoms with Gasteiger partial charge in [-0.15, -0.1) is 0 Å². The van der Waals surface area contributed by atoms with Crippen LogP contribution in [0.25, 0.3) is 0 Å². The zero-order valence-electron chi connectivity index (χ0n) is 21.7. The van der Waals surface area contributed by atoms with Crippen molar-refractivity contribution < 1.29 is 14.4 Å². The van der Waals surface area contributed by atoms with Crippen molar-refractivity contribution in [3.05, 3.63) is 58.7 Å². The first-order valence-electron chi connectivity index (χ1n) is 13.3. The number of nitrogens with one attached hydrogen (secondary N) is 2. The minimum atomic E-state index is -0.294. The van der Waals surface area contributed by atoms with E-state index in [-0.39, 0.29) is 23.8 Å². The van der Waals surface area contributed by atoms with Crippen molar-refractivity contribution in [1.82, 2.24) is 10.2 Å². The van der Waals surface area contributed by atoms with E-state index < -0.39 is 0 Å². The molecular weight excluding hydrogens is 452 g/mol. The lowest BCUT2D eigenvalue weighted by Crippen LogP contribution is -2.44. The molecule has 2 aromatic rings. The van der Waals surface area contributed by atoms with E-state index in [0.717, 1.165) is 68.6 Å². The lowest BCUT2D eigenvalue weighted by atomic mass is 10.0. The maximum absolute atomic E-state index is 13.3. The number of nitrogens with zero attached hydrogens (tertiary/aromatic N) is 2. The molecule has 192 valence electrons. The lowest BCUT2D eigenvalue weighted by Gasteiger charge is -2.32. The van der Waals surface area contributed by atoms with Crippen LogP contribution >= 0.6 is 0 Å². The van der Waals surface area contributed by atoms with Crippen LogP contribution in [0, 0.1) is 6.92 Å². The van der Waals surface area contributed by atoms with E-state index in [1.165, 1.54) is 0 Å². The molecule has 0 saturated carbocycles. The third kappa shape index (κ3) is 6.13. The predicted molar refractivity (Wildman–Crippen MR) is 144 cm³/mol. The van der Waals surface area contributed by atoms with Gasteiger partial charge in [0.15, 0.2) is 0 Å². The van der Waals surface area contributed by atoms with Gasteiger partial charge in [0.2, 0.25) is 5.91 Å². The zero-order valence-corrected chi connectivity index (χ0v) is 21.7. The van der Waals surface area contributed by atoms with Gasteiger partial charge in [0.05, 0.1) is 11.3 Å². The van der Waals surface area contributed by atoms with Crippen LogP contribution in [0.1, 0.15) is 77.8 Å². The van der Waals surface area contributed by atoms with Crippen molar-refractivity contribution in [2.24, 2.45) is 0 Å². The zero-order chi connectivity index (χ0) is 25.7. The number of carbonyl (C=O) groups excluding carboxylic acids is 3. The minimum Gasteiger partial charge on any atom is -0.349 e. The standard InChI is InChI=1S/C29H38N4O3/c1-4-12-32-14-10-23(11-15-32)30-29(36)25-18-21(5-2)8-9-26(25)31-28(35)22-16-20(3)17-24(19-22)33-13-6-7-27(33)34/h8-9,16-19,23H,4-7,10-15H2,1-3H3,(H,30,36)(H,31,35). The van der Waals surface area contributed by atoms with Crippen molar-refractivity contribution >= 4 is 29.1 Å². The van der Waals surface area contributed by atoms with Gasteiger partial charge < -0.3 is 20.4 Å². The summed E-state index contributed by atoms with van der Waals surface area (Å²) in [5.74, 6) is -0.360. The monoisotopic (exact) mass is 490 g/mol. The summed E-state index contributed by atoms with van der Waals surface area (Å²) >= 11 is 0. The van der Waals surface area contributed by atoms with Gasteiger partial charge >= 0.3 is 0 Å². The van der Waals surface area contributed by atoms with E-state index in [1.807, 2.05) is 44.2 Å². The Bertz CT molecular complexity index is 1120. The highest BCUT2D eigenvalue weighted by Crippen LogP contribution is 2.26. The highest BCUT2D eigenvalue weighted by Gasteiger charge is 2.24. The fourth-order valence-electron chi connectivity index (χ4n) is 5.15. The van der Waals surface area contributed by atoms with Crippen LogP contribution in [0.4, 0.5) is 11.4 Å². The van der Waals surface area contributed by atoms with E-state index in [9.17, 15) is 14.4 Å². The number of hydrogen-bond acceptors (Lipinski definition) is 4. The Morgan fingerprint density at radius 3 is 2.44 bits per heavy atom. The van der Waals surface area contributed by atoms with Crippen molar-refractivity contribution in [3.63, 3.8) is 0 Å². The molecule has 36 heavy (non-hydrogen) atoms. The molecule has 0 aliphatic carbocycles. The van der Waals surface area contributed by atoms with Crippen LogP contribution in [0.2, 0.25) is 0 Å². The van der Waals surface area contributed by atoms with E-state index in [4.69, 9.17) is 0 Å². The molecule has 0 unspecified atom stereocenters. The number of benzene rings is 2. The Morgan fingerprint density at radius 1 is 1.00 bits per heavy atom. The van der Waals surface area contributed by atoms with Crippen molar-refractivity contribution in [2.45, 2.75) is 65.3 Å². The molecule has 2 aliphatic heterocycles. The van der Waals surface area contributed by atoms with Crippen molar-refractivity contribution in [1.29, 1.82) is 0 Å². The molecule has 2 N–H and O–H groups in total. The first-order valence-corrected chi connectivity index (χ1v) is 13.3. The second-order valence-corrected chi connectivity index (χ2v) is 9.98. The average molecular weight is 491 g/mol. The maximum Gasteiger partial charge on any atom is 0.255 e. The number of rotatable bonds is 8. The number of carbonyl (C=O) groups is 3. The summed E-state index contributed by atoms with van der Waals surface area (Å²) in [6, 6.07) is 11.3. The first kappa shape index (κ1) is 25.9. The molecule has 4 rings (SSSR count). The van der Waals surface area contributed by atoms with E-state index in [2.05, 4.69) is 22.5 Å². The van der Waals surface area contributed by atoms with Gasteiger partial charge in [-0.1, -0.05) is 19.9 Å². The third-order valence-electron chi connectivity index (χ3n) is 7.16. The summed E-state index contributed by atoms with van der Waals surface area (Å²) in [5, 5.41) is 6.17. The molecule has 2 aromatic carbocycles. The predicted octanol–water partition coefficient (Wildman–Crippen LogP) is 4.54. The molecule has 0 radical (unpaired) electrons. The van der Waals surface area contributed by atoms with Gasteiger partial charge in [-0.25, -0.2) is 0 Å². The Balaban J connectivity index is 1.51. The molecule has 2 heterocycles. The fourth-order valence-corrected chi connectivity index (χ4v) is 5.15. The normalized spacial score (nSPS) is 16.9. The largest absolute Gasteiger partial charge is 0.349 e. The van der Waals surface area contributed by atoms with Crippen LogP contribution in [0.5, 0.6) is 0 Å². The highest BCUT2D eigenvalue weighted by atomic mass is 16.2. The highest BCUT2D eigenvalue weighted by molar-refractivity contribution is 6.10. The molecule has 3 amide bonds. The van der Waals surface area contributed by atoms with Gasteiger partial charge in [-0.3, -0.25) is 14.4 Å². The van der Waals surface area contributed by atoms with Crippen LogP contribution in [0.15, 0.2) is 36.4 Å². The van der Waals surface area contributed by atoms with E-state index in [1.54, 1.807) is 11.0 Å². The Kier molecular flexibility index (Phi) is 8.41. The Morgan fingerprint density at radius 2 is 1.78 bits per heavy atom. The molecule has 0 atom stereocenters.